The fraction of sp³-hybridized carbons (Fsp3) is 0.200. The molecule has 2 nitrogen and oxygen atoms in total. The Bertz CT molecular complexity index is 600. The van der Waals surface area contributed by atoms with Crippen LogP contribution in [0.4, 0.5) is 14.5 Å². The molecule has 0 atom stereocenters. The Hall–Kier alpha value is -1.46. The number of benzene rings is 2. The van der Waals surface area contributed by atoms with Gasteiger partial charge < -0.3 is 10.6 Å². The average Bonchev–Trinajstić information content (AvgIpc) is 2.44. The van der Waals surface area contributed by atoms with Gasteiger partial charge in [-0.1, -0.05) is 18.2 Å². The lowest BCUT2D eigenvalue weighted by molar-refractivity contribution is 0.612. The molecule has 20 heavy (non-hydrogen) atoms. The minimum Gasteiger partial charge on any atom is -0.368 e. The van der Waals surface area contributed by atoms with E-state index >= 15 is 0 Å². The number of halogens is 3. The van der Waals surface area contributed by atoms with Crippen molar-refractivity contribution in [2.24, 2.45) is 5.73 Å². The van der Waals surface area contributed by atoms with Crippen LogP contribution in [0.3, 0.4) is 0 Å². The molecule has 0 bridgehead atoms. The zero-order valence-electron chi connectivity index (χ0n) is 11.0. The molecule has 0 aromatic heterocycles. The topological polar surface area (TPSA) is 29.3 Å². The van der Waals surface area contributed by atoms with Crippen molar-refractivity contribution >= 4 is 21.6 Å². The molecule has 0 spiro atoms. The van der Waals surface area contributed by atoms with Crippen molar-refractivity contribution in [2.75, 3.05) is 11.9 Å². The summed E-state index contributed by atoms with van der Waals surface area (Å²) in [5.41, 5.74) is 7.64. The Morgan fingerprint density at radius 1 is 1.10 bits per heavy atom. The van der Waals surface area contributed by atoms with Crippen LogP contribution >= 0.6 is 15.9 Å². The fourth-order valence-corrected chi connectivity index (χ4v) is 2.48. The van der Waals surface area contributed by atoms with Gasteiger partial charge in [0.25, 0.3) is 0 Å². The van der Waals surface area contributed by atoms with Crippen LogP contribution in [-0.4, -0.2) is 7.05 Å². The summed E-state index contributed by atoms with van der Waals surface area (Å²) in [7, 11) is 1.79. The van der Waals surface area contributed by atoms with Gasteiger partial charge in [0.05, 0.1) is 10.2 Å². The highest BCUT2D eigenvalue weighted by atomic mass is 79.9. The number of anilines is 1. The number of nitrogens with two attached hydrogens (primary N) is 1. The first-order valence-corrected chi connectivity index (χ1v) is 6.94. The first-order chi connectivity index (χ1) is 9.52. The maximum atomic E-state index is 14.3. The molecule has 2 aromatic rings. The predicted octanol–water partition coefficient (Wildman–Crippen LogP) is 3.82. The van der Waals surface area contributed by atoms with Gasteiger partial charge in [-0.05, 0) is 45.3 Å². The highest BCUT2D eigenvalue weighted by Gasteiger charge is 2.13. The van der Waals surface area contributed by atoms with Gasteiger partial charge in [0.2, 0.25) is 0 Å². The third kappa shape index (κ3) is 3.16. The van der Waals surface area contributed by atoms with Crippen LogP contribution in [0.25, 0.3) is 0 Å². The first-order valence-electron chi connectivity index (χ1n) is 6.15. The van der Waals surface area contributed by atoms with Crippen LogP contribution in [0, 0.1) is 11.6 Å². The lowest BCUT2D eigenvalue weighted by atomic mass is 10.1. The Balaban J connectivity index is 2.23. The van der Waals surface area contributed by atoms with Crippen LogP contribution in [0.2, 0.25) is 0 Å². The molecule has 5 heteroatoms. The van der Waals surface area contributed by atoms with Gasteiger partial charge in [-0.3, -0.25) is 0 Å². The summed E-state index contributed by atoms with van der Waals surface area (Å²) in [5.74, 6) is -0.616. The van der Waals surface area contributed by atoms with Crippen LogP contribution in [0.1, 0.15) is 11.1 Å². The number of nitrogens with zero attached hydrogens (tertiary/aromatic N) is 1. The Labute approximate surface area is 125 Å². The van der Waals surface area contributed by atoms with Gasteiger partial charge in [0.15, 0.2) is 5.82 Å². The van der Waals surface area contributed by atoms with E-state index < -0.39 is 0 Å². The van der Waals surface area contributed by atoms with Crippen LogP contribution < -0.4 is 10.6 Å². The van der Waals surface area contributed by atoms with Crippen molar-refractivity contribution in [2.45, 2.75) is 13.1 Å². The van der Waals surface area contributed by atoms with Crippen molar-refractivity contribution < 1.29 is 8.78 Å². The smallest absolute Gasteiger partial charge is 0.160 e. The minimum atomic E-state index is -0.336. The molecular weight excluding hydrogens is 326 g/mol. The quantitative estimate of drug-likeness (QED) is 0.916. The van der Waals surface area contributed by atoms with E-state index in [2.05, 4.69) is 15.9 Å². The number of hydrogen-bond acceptors (Lipinski definition) is 2. The second-order valence-electron chi connectivity index (χ2n) is 4.56. The van der Waals surface area contributed by atoms with Crippen LogP contribution in [0.15, 0.2) is 40.9 Å². The zero-order chi connectivity index (χ0) is 14.7. The molecule has 0 aliphatic heterocycles. The van der Waals surface area contributed by atoms with Gasteiger partial charge >= 0.3 is 0 Å². The van der Waals surface area contributed by atoms with Gasteiger partial charge in [-0.25, -0.2) is 8.78 Å². The second-order valence-corrected chi connectivity index (χ2v) is 5.35. The largest absolute Gasteiger partial charge is 0.368 e. The maximum Gasteiger partial charge on any atom is 0.160 e. The van der Waals surface area contributed by atoms with Crippen molar-refractivity contribution in [1.29, 1.82) is 0 Å². The lowest BCUT2D eigenvalue weighted by Gasteiger charge is -2.21. The Morgan fingerprint density at radius 3 is 2.35 bits per heavy atom. The van der Waals surface area contributed by atoms with Gasteiger partial charge in [0.1, 0.15) is 5.82 Å². The highest BCUT2D eigenvalue weighted by Crippen LogP contribution is 2.29. The van der Waals surface area contributed by atoms with E-state index in [9.17, 15) is 8.78 Å². The van der Waals surface area contributed by atoms with E-state index in [-0.39, 0.29) is 18.2 Å². The van der Waals surface area contributed by atoms with Gasteiger partial charge in [-0.15, -0.1) is 0 Å². The molecule has 0 unspecified atom stereocenters. The summed E-state index contributed by atoms with van der Waals surface area (Å²) in [4.78, 5) is 1.77. The third-order valence-electron chi connectivity index (χ3n) is 3.11. The van der Waals surface area contributed by atoms with Crippen molar-refractivity contribution in [1.82, 2.24) is 0 Å². The van der Waals surface area contributed by atoms with E-state index in [1.807, 2.05) is 0 Å². The highest BCUT2D eigenvalue weighted by molar-refractivity contribution is 9.10. The molecule has 0 aliphatic rings. The third-order valence-corrected chi connectivity index (χ3v) is 3.96. The molecule has 0 heterocycles. The summed E-state index contributed by atoms with van der Waals surface area (Å²) in [6.07, 6.45) is 0. The zero-order valence-corrected chi connectivity index (χ0v) is 12.6. The van der Waals surface area contributed by atoms with E-state index in [1.165, 1.54) is 12.1 Å². The molecule has 0 saturated heterocycles. The number of rotatable bonds is 4. The first kappa shape index (κ1) is 14.9. The molecule has 2 N–H and O–H groups in total. The molecule has 2 rings (SSSR count). The molecule has 0 amide bonds. The van der Waals surface area contributed by atoms with Crippen molar-refractivity contribution in [3.8, 4) is 0 Å². The summed E-state index contributed by atoms with van der Waals surface area (Å²) < 4.78 is 27.5. The van der Waals surface area contributed by atoms with E-state index in [4.69, 9.17) is 5.73 Å². The second kappa shape index (κ2) is 6.33. The van der Waals surface area contributed by atoms with Crippen LogP contribution in [-0.2, 0) is 13.1 Å². The van der Waals surface area contributed by atoms with Gasteiger partial charge in [0, 0.05) is 20.1 Å². The standard InChI is InChI=1S/C15H15BrF2N2/c1-20(9-10-2-5-12(17)6-3-10)13-7-4-11(8-19)14(16)15(13)18/h2-7H,8-9,19H2,1H3. The molecular formula is C15H15BrF2N2. The van der Waals surface area contributed by atoms with E-state index in [0.717, 1.165) is 11.1 Å². The van der Waals surface area contributed by atoms with Crippen molar-refractivity contribution in [3.63, 3.8) is 0 Å². The Morgan fingerprint density at radius 2 is 1.75 bits per heavy atom. The molecule has 0 aliphatic carbocycles. The molecule has 0 saturated carbocycles. The molecule has 106 valence electrons. The summed E-state index contributed by atoms with van der Waals surface area (Å²) in [6, 6.07) is 9.66. The summed E-state index contributed by atoms with van der Waals surface area (Å²) >= 11 is 3.22. The lowest BCUT2D eigenvalue weighted by Crippen LogP contribution is -2.18. The monoisotopic (exact) mass is 340 g/mol. The fourth-order valence-electron chi connectivity index (χ4n) is 1.98. The normalized spacial score (nSPS) is 10.7. The van der Waals surface area contributed by atoms with Gasteiger partial charge in [-0.2, -0.15) is 0 Å². The SMILES string of the molecule is CN(Cc1ccc(F)cc1)c1ccc(CN)c(Br)c1F. The number of hydrogen-bond donors (Lipinski definition) is 1. The average molecular weight is 341 g/mol. The predicted molar refractivity (Wildman–Crippen MR) is 80.5 cm³/mol. The van der Waals surface area contributed by atoms with E-state index in [1.54, 1.807) is 36.2 Å². The van der Waals surface area contributed by atoms with E-state index in [0.29, 0.717) is 16.7 Å². The summed E-state index contributed by atoms with van der Waals surface area (Å²) in [6.45, 7) is 0.769. The Kier molecular flexibility index (Phi) is 4.73. The molecule has 0 radical (unpaired) electrons. The minimum absolute atomic E-state index is 0.277. The maximum absolute atomic E-state index is 14.3. The molecule has 0 fully saturated rings. The molecule has 2 aromatic carbocycles. The van der Waals surface area contributed by atoms with Crippen molar-refractivity contribution in [3.05, 3.63) is 63.6 Å². The van der Waals surface area contributed by atoms with Crippen LogP contribution in [0.5, 0.6) is 0 Å². The summed E-state index contributed by atoms with van der Waals surface area (Å²) in [5, 5.41) is 0.